The Bertz CT molecular complexity index is 1120. The number of ether oxygens (including phenoxy) is 1. The van der Waals surface area contributed by atoms with Crippen LogP contribution in [0.15, 0.2) is 17.2 Å². The van der Waals surface area contributed by atoms with Crippen LogP contribution in [0.2, 0.25) is 0 Å². The molecule has 2 heterocycles. The van der Waals surface area contributed by atoms with Crippen LogP contribution in [-0.2, 0) is 49.3 Å². The molecule has 1 atom stereocenters. The second-order valence-electron chi connectivity index (χ2n) is 8.66. The van der Waals surface area contributed by atoms with Crippen molar-refractivity contribution >= 4 is 21.7 Å². The van der Waals surface area contributed by atoms with Gasteiger partial charge in [-0.2, -0.15) is 0 Å². The van der Waals surface area contributed by atoms with Gasteiger partial charge in [-0.1, -0.05) is 13.0 Å². The van der Waals surface area contributed by atoms with Crippen LogP contribution < -0.4 is 19.5 Å². The molecule has 30 heavy (non-hydrogen) atoms. The van der Waals surface area contributed by atoms with Gasteiger partial charge in [-0.15, -0.1) is 9.36 Å². The molecular weight excluding hydrogens is 404 g/mol. The second kappa shape index (κ2) is 7.01. The molecule has 1 aliphatic heterocycles. The van der Waals surface area contributed by atoms with Gasteiger partial charge in [-0.05, 0) is 60.8 Å². The minimum atomic E-state index is -4.07. The Balaban J connectivity index is 1.42. The molecule has 0 saturated carbocycles. The number of nitrogens with zero attached hydrogens (tertiary/aromatic N) is 2. The van der Waals surface area contributed by atoms with Gasteiger partial charge in [0.15, 0.2) is 7.05 Å². The van der Waals surface area contributed by atoms with Gasteiger partial charge in [0.1, 0.15) is 0 Å². The Morgan fingerprint density at radius 2 is 1.83 bits per heavy atom. The molecule has 2 amide bonds. The summed E-state index contributed by atoms with van der Waals surface area (Å²) in [6, 6.07) is 1.55. The first-order valence-electron chi connectivity index (χ1n) is 10.6. The van der Waals surface area contributed by atoms with E-state index in [-0.39, 0.29) is 16.7 Å². The Hall–Kier alpha value is -2.55. The number of carbonyl (C=O) groups excluding carboxylic acids is 1. The molecule has 0 bridgehead atoms. The first kappa shape index (κ1) is 19.4. The summed E-state index contributed by atoms with van der Waals surface area (Å²) in [4.78, 5) is 12.8. The average molecular weight is 432 g/mol. The summed E-state index contributed by atoms with van der Waals surface area (Å²) >= 11 is 0. The zero-order chi connectivity index (χ0) is 21.0. The van der Waals surface area contributed by atoms with Crippen molar-refractivity contribution in [2.75, 3.05) is 11.9 Å². The molecule has 0 saturated heterocycles. The largest absolute Gasteiger partial charge is 0.474 e. The Labute approximate surface area is 176 Å². The van der Waals surface area contributed by atoms with Crippen LogP contribution in [0.1, 0.15) is 42.0 Å². The Morgan fingerprint density at radius 3 is 2.50 bits per heavy atom. The van der Waals surface area contributed by atoms with Crippen molar-refractivity contribution in [3.63, 3.8) is 0 Å². The molecule has 5 rings (SSSR count). The van der Waals surface area contributed by atoms with Gasteiger partial charge in [0, 0.05) is 11.6 Å². The number of aryl methyl sites for hydroxylation is 3. The quantitative estimate of drug-likeness (QED) is 0.725. The predicted molar refractivity (Wildman–Crippen MR) is 110 cm³/mol. The SMILES string of the molecule is C[C@H]1COc2c(S(=O)(=O)NC(=O)Nc3c4c(cc5c3CCC5)CCC4)c[n+](C)n2C1. The lowest BCUT2D eigenvalue weighted by Gasteiger charge is -2.19. The van der Waals surface area contributed by atoms with E-state index in [1.807, 2.05) is 6.92 Å². The number of benzene rings is 1. The topological polar surface area (TPSA) is 93.3 Å². The highest BCUT2D eigenvalue weighted by atomic mass is 32.2. The number of aromatic nitrogens is 2. The number of carbonyl (C=O) groups is 1. The van der Waals surface area contributed by atoms with Crippen LogP contribution in [0.4, 0.5) is 10.5 Å². The van der Waals surface area contributed by atoms with Crippen molar-refractivity contribution in [1.29, 1.82) is 0 Å². The molecule has 0 radical (unpaired) electrons. The Morgan fingerprint density at radius 1 is 1.17 bits per heavy atom. The molecule has 2 aliphatic carbocycles. The third kappa shape index (κ3) is 3.15. The number of anilines is 1. The van der Waals surface area contributed by atoms with Crippen LogP contribution in [0, 0.1) is 5.92 Å². The van der Waals surface area contributed by atoms with E-state index in [1.165, 1.54) is 17.3 Å². The lowest BCUT2D eigenvalue weighted by Crippen LogP contribution is -2.42. The van der Waals surface area contributed by atoms with E-state index < -0.39 is 16.1 Å². The van der Waals surface area contributed by atoms with E-state index >= 15 is 0 Å². The summed E-state index contributed by atoms with van der Waals surface area (Å²) in [6.45, 7) is 3.15. The number of hydrogen-bond donors (Lipinski definition) is 2. The van der Waals surface area contributed by atoms with Crippen LogP contribution >= 0.6 is 0 Å². The third-order valence-electron chi connectivity index (χ3n) is 6.35. The molecule has 2 N–H and O–H groups in total. The van der Waals surface area contributed by atoms with Gasteiger partial charge >= 0.3 is 6.03 Å². The molecule has 9 heteroatoms. The summed E-state index contributed by atoms with van der Waals surface area (Å²) in [7, 11) is -2.31. The minimum absolute atomic E-state index is 0.0180. The molecule has 0 spiro atoms. The van der Waals surface area contributed by atoms with Crippen molar-refractivity contribution < 1.29 is 22.6 Å². The summed E-state index contributed by atoms with van der Waals surface area (Å²) in [5.41, 5.74) is 5.70. The fraction of sp³-hybridized carbons (Fsp3) is 0.524. The monoisotopic (exact) mass is 431 g/mol. The zero-order valence-corrected chi connectivity index (χ0v) is 18.1. The minimum Gasteiger partial charge on any atom is -0.474 e. The number of fused-ring (bicyclic) bond motifs is 3. The maximum absolute atomic E-state index is 13.0. The van der Waals surface area contributed by atoms with E-state index in [4.69, 9.17) is 4.74 Å². The van der Waals surface area contributed by atoms with Gasteiger partial charge in [0.2, 0.25) is 11.1 Å². The Kier molecular flexibility index (Phi) is 4.53. The second-order valence-corrected chi connectivity index (χ2v) is 10.3. The lowest BCUT2D eigenvalue weighted by molar-refractivity contribution is -0.755. The van der Waals surface area contributed by atoms with E-state index in [0.717, 1.165) is 55.3 Å². The molecule has 3 aliphatic rings. The number of amides is 2. The fourth-order valence-electron chi connectivity index (χ4n) is 4.96. The number of sulfonamides is 1. The molecule has 0 fully saturated rings. The van der Waals surface area contributed by atoms with Gasteiger partial charge in [-0.3, -0.25) is 0 Å². The summed E-state index contributed by atoms with van der Waals surface area (Å²) < 4.78 is 37.3. The smallest absolute Gasteiger partial charge is 0.333 e. The average Bonchev–Trinajstić information content (AvgIpc) is 3.40. The van der Waals surface area contributed by atoms with Gasteiger partial charge in [0.05, 0.1) is 13.2 Å². The number of rotatable bonds is 3. The van der Waals surface area contributed by atoms with Crippen LogP contribution in [-0.4, -0.2) is 25.7 Å². The summed E-state index contributed by atoms with van der Waals surface area (Å²) in [6.07, 6.45) is 7.48. The van der Waals surface area contributed by atoms with Crippen molar-refractivity contribution in [2.24, 2.45) is 13.0 Å². The summed E-state index contributed by atoms with van der Waals surface area (Å²) in [5, 5.41) is 2.88. The van der Waals surface area contributed by atoms with E-state index in [9.17, 15) is 13.2 Å². The van der Waals surface area contributed by atoms with E-state index in [1.54, 1.807) is 16.4 Å². The van der Waals surface area contributed by atoms with Crippen molar-refractivity contribution in [3.05, 3.63) is 34.5 Å². The first-order chi connectivity index (χ1) is 14.3. The fourth-order valence-corrected chi connectivity index (χ4v) is 6.05. The first-order valence-corrected chi connectivity index (χ1v) is 12.0. The maximum atomic E-state index is 13.0. The number of hydrogen-bond acceptors (Lipinski definition) is 4. The van der Waals surface area contributed by atoms with Crippen molar-refractivity contribution in [1.82, 2.24) is 9.40 Å². The molecule has 1 aromatic heterocycles. The van der Waals surface area contributed by atoms with Gasteiger partial charge in [-0.25, -0.2) is 17.9 Å². The predicted octanol–water partition coefficient (Wildman–Crippen LogP) is 1.83. The van der Waals surface area contributed by atoms with Crippen molar-refractivity contribution in [2.45, 2.75) is 56.9 Å². The molecule has 160 valence electrons. The molecule has 2 aromatic rings. The van der Waals surface area contributed by atoms with Crippen LogP contribution in [0.5, 0.6) is 5.88 Å². The van der Waals surface area contributed by atoms with E-state index in [2.05, 4.69) is 16.1 Å². The highest BCUT2D eigenvalue weighted by molar-refractivity contribution is 7.90. The van der Waals surface area contributed by atoms with Gasteiger partial charge in [0.25, 0.3) is 15.9 Å². The molecule has 0 unspecified atom stereocenters. The van der Waals surface area contributed by atoms with Gasteiger partial charge < -0.3 is 10.1 Å². The lowest BCUT2D eigenvalue weighted by atomic mass is 9.99. The number of nitrogens with one attached hydrogen (secondary N) is 2. The molecule has 1 aromatic carbocycles. The molecular formula is C21H27N4O4S+. The standard InChI is InChI=1S/C21H26N4O4S/c1-13-10-25-20(29-12-13)18(11-24(25)2)30(27,28)23-21(26)22-19-16-7-3-5-14(16)9-15-6-4-8-17(15)19/h9,11,13H,3-8,10,12H2,1-2H3,(H-,22,23,26)/p+1/t13-/m1/s1. The van der Waals surface area contributed by atoms with Crippen molar-refractivity contribution in [3.8, 4) is 5.88 Å². The normalized spacial score (nSPS) is 19.6. The molecule has 8 nitrogen and oxygen atoms in total. The summed E-state index contributed by atoms with van der Waals surface area (Å²) in [5.74, 6) is 0.558. The maximum Gasteiger partial charge on any atom is 0.333 e. The van der Waals surface area contributed by atoms with Crippen LogP contribution in [0.3, 0.4) is 0 Å². The van der Waals surface area contributed by atoms with E-state index in [0.29, 0.717) is 13.2 Å². The highest BCUT2D eigenvalue weighted by Crippen LogP contribution is 2.38. The third-order valence-corrected chi connectivity index (χ3v) is 7.66. The number of urea groups is 1. The zero-order valence-electron chi connectivity index (χ0n) is 17.3. The highest BCUT2D eigenvalue weighted by Gasteiger charge is 2.35. The van der Waals surface area contributed by atoms with Crippen LogP contribution in [0.25, 0.3) is 0 Å².